The predicted octanol–water partition coefficient (Wildman–Crippen LogP) is 4.18. The maximum Gasteiger partial charge on any atom is 0.242 e. The first-order chi connectivity index (χ1) is 13.1. The number of para-hydroxylation sites is 2. The topological polar surface area (TPSA) is 42.3 Å². The van der Waals surface area contributed by atoms with Crippen LogP contribution in [0.2, 0.25) is 0 Å². The molecule has 5 heteroatoms. The van der Waals surface area contributed by atoms with Gasteiger partial charge in [-0.25, -0.2) is 0 Å². The minimum atomic E-state index is 0.00691. The Bertz CT molecular complexity index is 1150. The summed E-state index contributed by atoms with van der Waals surface area (Å²) in [5.41, 5.74) is 2.79. The number of hydrogen-bond acceptors (Lipinski definition) is 3. The lowest BCUT2D eigenvalue weighted by atomic mass is 10.1. The number of thiophene rings is 1. The van der Waals surface area contributed by atoms with Gasteiger partial charge in [0.1, 0.15) is 6.54 Å². The van der Waals surface area contributed by atoms with E-state index in [1.807, 2.05) is 65.5 Å². The molecular formula is C22H20N2O2S. The van der Waals surface area contributed by atoms with Crippen molar-refractivity contribution in [1.82, 2.24) is 9.47 Å². The van der Waals surface area contributed by atoms with Crippen LogP contribution in [0.5, 0.6) is 0 Å². The minimum absolute atomic E-state index is 0.00691. The van der Waals surface area contributed by atoms with Crippen LogP contribution in [0.15, 0.2) is 64.8 Å². The summed E-state index contributed by atoms with van der Waals surface area (Å²) in [4.78, 5) is 28.7. The number of aryl methyl sites for hydroxylation is 1. The van der Waals surface area contributed by atoms with E-state index in [2.05, 4.69) is 13.0 Å². The molecule has 0 saturated heterocycles. The fourth-order valence-electron chi connectivity index (χ4n) is 3.37. The van der Waals surface area contributed by atoms with Crippen molar-refractivity contribution in [3.63, 3.8) is 0 Å². The number of pyridine rings is 1. The van der Waals surface area contributed by atoms with Gasteiger partial charge in [0.05, 0.1) is 17.6 Å². The van der Waals surface area contributed by atoms with E-state index < -0.39 is 0 Å². The lowest BCUT2D eigenvalue weighted by molar-refractivity contribution is -0.130. The second kappa shape index (κ2) is 7.00. The predicted molar refractivity (Wildman–Crippen MR) is 111 cm³/mol. The van der Waals surface area contributed by atoms with Crippen molar-refractivity contribution in [3.8, 4) is 0 Å². The number of fused-ring (bicyclic) bond motifs is 2. The summed E-state index contributed by atoms with van der Waals surface area (Å²) in [6, 6.07) is 17.0. The number of hydrogen-bond donors (Lipinski definition) is 0. The van der Waals surface area contributed by atoms with E-state index in [-0.39, 0.29) is 17.9 Å². The van der Waals surface area contributed by atoms with E-state index >= 15 is 0 Å². The van der Waals surface area contributed by atoms with Crippen molar-refractivity contribution in [3.05, 3.63) is 80.6 Å². The van der Waals surface area contributed by atoms with Crippen LogP contribution in [-0.4, -0.2) is 22.4 Å². The van der Waals surface area contributed by atoms with Gasteiger partial charge in [0.15, 0.2) is 5.43 Å². The van der Waals surface area contributed by atoms with Gasteiger partial charge in [-0.2, -0.15) is 0 Å². The van der Waals surface area contributed by atoms with Crippen LogP contribution < -0.4 is 5.43 Å². The second-order valence-electron chi connectivity index (χ2n) is 6.73. The van der Waals surface area contributed by atoms with Crippen LogP contribution in [0.4, 0.5) is 0 Å². The number of carbonyl (C=O) groups excluding carboxylic acids is 1. The number of benzene rings is 2. The summed E-state index contributed by atoms with van der Waals surface area (Å²) in [6.07, 6.45) is 0. The fourth-order valence-corrected chi connectivity index (χ4v) is 4.33. The van der Waals surface area contributed by atoms with E-state index in [9.17, 15) is 9.59 Å². The summed E-state index contributed by atoms with van der Waals surface area (Å²) in [6.45, 7) is 2.85. The minimum Gasteiger partial charge on any atom is -0.339 e. The Morgan fingerprint density at radius 3 is 2.15 bits per heavy atom. The van der Waals surface area contributed by atoms with Gasteiger partial charge in [0.25, 0.3) is 0 Å². The third-order valence-corrected chi connectivity index (χ3v) is 5.95. The fraction of sp³-hybridized carbons (Fsp3) is 0.182. The Balaban J connectivity index is 1.76. The van der Waals surface area contributed by atoms with Gasteiger partial charge < -0.3 is 9.47 Å². The molecule has 0 saturated carbocycles. The molecule has 2 heterocycles. The van der Waals surface area contributed by atoms with E-state index in [4.69, 9.17) is 0 Å². The lowest BCUT2D eigenvalue weighted by Crippen LogP contribution is -2.30. The molecule has 0 aliphatic rings. The van der Waals surface area contributed by atoms with E-state index in [0.29, 0.717) is 17.3 Å². The highest BCUT2D eigenvalue weighted by Gasteiger charge is 2.16. The normalized spacial score (nSPS) is 11.2. The lowest BCUT2D eigenvalue weighted by Gasteiger charge is -2.20. The molecule has 4 nitrogen and oxygen atoms in total. The number of aromatic nitrogens is 1. The van der Waals surface area contributed by atoms with Gasteiger partial charge in [0, 0.05) is 22.7 Å². The molecule has 27 heavy (non-hydrogen) atoms. The zero-order valence-electron chi connectivity index (χ0n) is 15.3. The third kappa shape index (κ3) is 3.15. The maximum absolute atomic E-state index is 13.0. The molecule has 0 atom stereocenters. The van der Waals surface area contributed by atoms with Gasteiger partial charge in [0.2, 0.25) is 5.91 Å². The standard InChI is InChI=1S/C22H20N2O2S/c1-15-11-12-27-20(15)13-23(2)21(25)14-24-18-9-5-3-7-16(18)22(26)17-8-4-6-10-19(17)24/h3-12H,13-14H2,1-2H3. The molecule has 0 aliphatic carbocycles. The molecule has 2 aromatic heterocycles. The Morgan fingerprint density at radius 1 is 1.00 bits per heavy atom. The van der Waals surface area contributed by atoms with Gasteiger partial charge in [-0.3, -0.25) is 9.59 Å². The number of carbonyl (C=O) groups is 1. The average Bonchev–Trinajstić information content (AvgIpc) is 3.09. The summed E-state index contributed by atoms with van der Waals surface area (Å²) >= 11 is 1.67. The third-order valence-electron chi connectivity index (χ3n) is 4.95. The average molecular weight is 376 g/mol. The first-order valence-corrected chi connectivity index (χ1v) is 9.71. The largest absolute Gasteiger partial charge is 0.339 e. The molecule has 4 rings (SSSR count). The Labute approximate surface area is 161 Å². The molecule has 1 amide bonds. The van der Waals surface area contributed by atoms with Gasteiger partial charge in [-0.1, -0.05) is 24.3 Å². The molecule has 0 N–H and O–H groups in total. The van der Waals surface area contributed by atoms with Crippen LogP contribution in [0.1, 0.15) is 10.4 Å². The van der Waals surface area contributed by atoms with Crippen LogP contribution in [0, 0.1) is 6.92 Å². The SMILES string of the molecule is Cc1ccsc1CN(C)C(=O)Cn1c2ccccc2c(=O)c2ccccc21. The van der Waals surface area contributed by atoms with Crippen molar-refractivity contribution in [2.45, 2.75) is 20.0 Å². The number of amides is 1. The highest BCUT2D eigenvalue weighted by Crippen LogP contribution is 2.21. The quantitative estimate of drug-likeness (QED) is 0.501. The molecular weight excluding hydrogens is 356 g/mol. The van der Waals surface area contributed by atoms with Crippen LogP contribution in [0.3, 0.4) is 0 Å². The highest BCUT2D eigenvalue weighted by molar-refractivity contribution is 7.10. The van der Waals surface area contributed by atoms with E-state index in [0.717, 1.165) is 11.0 Å². The number of nitrogens with zero attached hydrogens (tertiary/aromatic N) is 2. The Morgan fingerprint density at radius 2 is 1.59 bits per heavy atom. The monoisotopic (exact) mass is 376 g/mol. The smallest absolute Gasteiger partial charge is 0.242 e. The molecule has 0 fully saturated rings. The molecule has 2 aromatic carbocycles. The van der Waals surface area contributed by atoms with Crippen LogP contribution in [-0.2, 0) is 17.9 Å². The first-order valence-electron chi connectivity index (χ1n) is 8.83. The molecule has 4 aromatic rings. The first kappa shape index (κ1) is 17.5. The second-order valence-corrected chi connectivity index (χ2v) is 7.73. The summed E-state index contributed by atoms with van der Waals surface area (Å²) in [5, 5.41) is 3.33. The Hall–Kier alpha value is -2.92. The van der Waals surface area contributed by atoms with Gasteiger partial charge in [-0.05, 0) is 48.2 Å². The number of rotatable bonds is 4. The Kier molecular flexibility index (Phi) is 4.54. The molecule has 0 aliphatic heterocycles. The zero-order valence-corrected chi connectivity index (χ0v) is 16.1. The number of likely N-dealkylation sites (N-methyl/N-ethyl adjacent to an activating group) is 1. The zero-order chi connectivity index (χ0) is 19.0. The highest BCUT2D eigenvalue weighted by atomic mass is 32.1. The molecule has 0 bridgehead atoms. The van der Waals surface area contributed by atoms with Crippen LogP contribution >= 0.6 is 11.3 Å². The maximum atomic E-state index is 13.0. The molecule has 0 radical (unpaired) electrons. The van der Waals surface area contributed by atoms with Gasteiger partial charge in [-0.15, -0.1) is 11.3 Å². The summed E-state index contributed by atoms with van der Waals surface area (Å²) in [7, 11) is 1.83. The van der Waals surface area contributed by atoms with Crippen molar-refractivity contribution >= 4 is 39.0 Å². The molecule has 0 unspecified atom stereocenters. The van der Waals surface area contributed by atoms with Crippen molar-refractivity contribution in [1.29, 1.82) is 0 Å². The summed E-state index contributed by atoms with van der Waals surface area (Å²) in [5.74, 6) is 0.0155. The van der Waals surface area contributed by atoms with E-state index in [1.54, 1.807) is 16.2 Å². The van der Waals surface area contributed by atoms with Crippen molar-refractivity contribution in [2.75, 3.05) is 7.05 Å². The van der Waals surface area contributed by atoms with E-state index in [1.165, 1.54) is 10.4 Å². The van der Waals surface area contributed by atoms with Gasteiger partial charge >= 0.3 is 0 Å². The van der Waals surface area contributed by atoms with Crippen LogP contribution in [0.25, 0.3) is 21.8 Å². The van der Waals surface area contributed by atoms with Crippen molar-refractivity contribution in [2.24, 2.45) is 0 Å². The summed E-state index contributed by atoms with van der Waals surface area (Å²) < 4.78 is 1.95. The molecule has 136 valence electrons. The molecule has 0 spiro atoms. The van der Waals surface area contributed by atoms with Crippen molar-refractivity contribution < 1.29 is 4.79 Å².